The van der Waals surface area contributed by atoms with E-state index in [2.05, 4.69) is 5.32 Å². The number of nitro groups is 1. The lowest BCUT2D eigenvalue weighted by molar-refractivity contribution is -0.384. The van der Waals surface area contributed by atoms with E-state index in [1.54, 1.807) is 0 Å². The Morgan fingerprint density at radius 3 is 2.21 bits per heavy atom. The van der Waals surface area contributed by atoms with E-state index in [1.807, 2.05) is 0 Å². The second kappa shape index (κ2) is 7.10. The van der Waals surface area contributed by atoms with Crippen molar-refractivity contribution in [3.63, 3.8) is 0 Å². The third kappa shape index (κ3) is 5.15. The lowest BCUT2D eigenvalue weighted by Crippen LogP contribution is -2.28. The number of carboxylic acid groups (broad SMARTS) is 1. The highest BCUT2D eigenvalue weighted by atomic mass is 16.6. The van der Waals surface area contributed by atoms with Crippen LogP contribution < -0.4 is 5.32 Å². The normalized spacial score (nSPS) is 13.8. The van der Waals surface area contributed by atoms with Gasteiger partial charge in [0, 0.05) is 25.1 Å². The van der Waals surface area contributed by atoms with Crippen molar-refractivity contribution in [3.8, 4) is 0 Å². The molecule has 2 N–H and O–H groups in total. The smallest absolute Gasteiger partial charge is 0.335 e. The van der Waals surface area contributed by atoms with Gasteiger partial charge < -0.3 is 10.4 Å². The molecule has 2 rings (SSSR count). The van der Waals surface area contributed by atoms with Crippen LogP contribution in [-0.4, -0.2) is 28.5 Å². The van der Waals surface area contributed by atoms with E-state index >= 15 is 0 Å². The van der Waals surface area contributed by atoms with Crippen LogP contribution in [-0.2, 0) is 4.79 Å². The van der Waals surface area contributed by atoms with Gasteiger partial charge in [0.15, 0.2) is 0 Å². The molecule has 0 atom stereocenters. The second-order valence-electron chi connectivity index (χ2n) is 3.92. The van der Waals surface area contributed by atoms with E-state index < -0.39 is 10.9 Å². The zero-order chi connectivity index (χ0) is 14.3. The fourth-order valence-electron chi connectivity index (χ4n) is 1.45. The summed E-state index contributed by atoms with van der Waals surface area (Å²) in [6, 6.07) is 4.70. The van der Waals surface area contributed by atoms with Gasteiger partial charge in [0.05, 0.1) is 10.5 Å². The molecule has 1 saturated heterocycles. The van der Waals surface area contributed by atoms with Crippen molar-refractivity contribution in [1.29, 1.82) is 0 Å². The maximum Gasteiger partial charge on any atom is 0.335 e. The number of carboxylic acids is 1. The number of aromatic carboxylic acids is 1. The number of hydrogen-bond acceptors (Lipinski definition) is 4. The summed E-state index contributed by atoms with van der Waals surface area (Å²) < 4.78 is 0. The molecule has 1 amide bonds. The largest absolute Gasteiger partial charge is 0.478 e. The maximum absolute atomic E-state index is 10.4. The van der Waals surface area contributed by atoms with Crippen LogP contribution in [0.5, 0.6) is 0 Å². The highest BCUT2D eigenvalue weighted by Gasteiger charge is 2.06. The van der Waals surface area contributed by atoms with Gasteiger partial charge in [-0.1, -0.05) is 0 Å². The van der Waals surface area contributed by atoms with E-state index in [0.717, 1.165) is 37.9 Å². The summed E-state index contributed by atoms with van der Waals surface area (Å²) in [7, 11) is 0. The summed E-state index contributed by atoms with van der Waals surface area (Å²) in [5, 5.41) is 21.3. The average Bonchev–Trinajstić information content (AvgIpc) is 2.40. The van der Waals surface area contributed by atoms with Crippen molar-refractivity contribution in [2.24, 2.45) is 0 Å². The molecule has 1 fully saturated rings. The lowest BCUT2D eigenvalue weighted by Gasteiger charge is -2.08. The molecule has 0 radical (unpaired) electrons. The third-order valence-corrected chi connectivity index (χ3v) is 2.48. The van der Waals surface area contributed by atoms with Gasteiger partial charge in [0.1, 0.15) is 0 Å². The van der Waals surface area contributed by atoms with Gasteiger partial charge in [-0.25, -0.2) is 4.79 Å². The summed E-state index contributed by atoms with van der Waals surface area (Å²) in [6.07, 6.45) is 2.97. The quantitative estimate of drug-likeness (QED) is 0.623. The number of amides is 1. The number of nitrogens with one attached hydrogen (secondary N) is 1. The van der Waals surface area contributed by atoms with Crippen LogP contribution >= 0.6 is 0 Å². The SMILES string of the molecule is O=C(O)c1ccc([N+](=O)[O-])cc1.O=C1CCCCN1. The number of piperidine rings is 1. The third-order valence-electron chi connectivity index (χ3n) is 2.48. The van der Waals surface area contributed by atoms with Crippen LogP contribution in [0.2, 0.25) is 0 Å². The molecule has 7 heteroatoms. The number of rotatable bonds is 2. The van der Waals surface area contributed by atoms with Crippen LogP contribution in [0, 0.1) is 10.1 Å². The maximum atomic E-state index is 10.4. The minimum absolute atomic E-state index is 0.0422. The summed E-state index contributed by atoms with van der Waals surface area (Å²) in [5.74, 6) is -0.879. The van der Waals surface area contributed by atoms with Gasteiger partial charge in [-0.2, -0.15) is 0 Å². The molecule has 1 aromatic carbocycles. The minimum atomic E-state index is -1.09. The summed E-state index contributed by atoms with van der Waals surface area (Å²) in [5.41, 5.74) is -0.0689. The van der Waals surface area contributed by atoms with Crippen molar-refractivity contribution >= 4 is 17.6 Å². The number of non-ortho nitro benzene ring substituents is 1. The first-order valence-corrected chi connectivity index (χ1v) is 5.75. The Morgan fingerprint density at radius 2 is 1.89 bits per heavy atom. The molecule has 0 bridgehead atoms. The van der Waals surface area contributed by atoms with Gasteiger partial charge in [-0.3, -0.25) is 14.9 Å². The van der Waals surface area contributed by atoms with Gasteiger partial charge >= 0.3 is 5.97 Å². The van der Waals surface area contributed by atoms with Gasteiger partial charge in [-0.15, -0.1) is 0 Å². The molecule has 19 heavy (non-hydrogen) atoms. The summed E-state index contributed by atoms with van der Waals surface area (Å²) >= 11 is 0. The average molecular weight is 266 g/mol. The van der Waals surface area contributed by atoms with Crippen LogP contribution in [0.4, 0.5) is 5.69 Å². The molecular weight excluding hydrogens is 252 g/mol. The molecule has 102 valence electrons. The fourth-order valence-corrected chi connectivity index (χ4v) is 1.45. The highest BCUT2D eigenvalue weighted by molar-refractivity contribution is 5.87. The summed E-state index contributed by atoms with van der Waals surface area (Å²) in [4.78, 5) is 30.2. The number of nitro benzene ring substituents is 1. The van der Waals surface area contributed by atoms with Gasteiger partial charge in [0.2, 0.25) is 5.91 Å². The summed E-state index contributed by atoms with van der Waals surface area (Å²) in [6.45, 7) is 0.888. The molecule has 0 unspecified atom stereocenters. The van der Waals surface area contributed by atoms with Crippen molar-refractivity contribution in [2.75, 3.05) is 6.54 Å². The number of benzene rings is 1. The molecule has 0 spiro atoms. The predicted molar refractivity (Wildman–Crippen MR) is 66.9 cm³/mol. The zero-order valence-electron chi connectivity index (χ0n) is 10.2. The van der Waals surface area contributed by atoms with E-state index in [4.69, 9.17) is 5.11 Å². The lowest BCUT2D eigenvalue weighted by atomic mass is 10.2. The Labute approximate surface area is 109 Å². The first kappa shape index (κ1) is 14.6. The molecule has 7 nitrogen and oxygen atoms in total. The molecule has 1 heterocycles. The molecular formula is C12H14N2O5. The Kier molecular flexibility index (Phi) is 5.46. The molecule has 0 aliphatic carbocycles. The Balaban J connectivity index is 0.000000218. The predicted octanol–water partition coefficient (Wildman–Crippen LogP) is 1.58. The first-order chi connectivity index (χ1) is 9.00. The van der Waals surface area contributed by atoms with Crippen molar-refractivity contribution in [1.82, 2.24) is 5.32 Å². The van der Waals surface area contributed by atoms with E-state index in [1.165, 1.54) is 12.1 Å². The fraction of sp³-hybridized carbons (Fsp3) is 0.333. The van der Waals surface area contributed by atoms with Crippen LogP contribution in [0.3, 0.4) is 0 Å². The minimum Gasteiger partial charge on any atom is -0.478 e. The number of carbonyl (C=O) groups is 2. The van der Waals surface area contributed by atoms with E-state index in [9.17, 15) is 19.7 Å². The Hall–Kier alpha value is -2.44. The molecule has 0 saturated carbocycles. The van der Waals surface area contributed by atoms with Crippen LogP contribution in [0.25, 0.3) is 0 Å². The molecule has 1 aromatic rings. The van der Waals surface area contributed by atoms with Gasteiger partial charge in [0.25, 0.3) is 5.69 Å². The van der Waals surface area contributed by atoms with Crippen molar-refractivity contribution < 1.29 is 19.6 Å². The first-order valence-electron chi connectivity index (χ1n) is 5.75. The highest BCUT2D eigenvalue weighted by Crippen LogP contribution is 2.11. The zero-order valence-corrected chi connectivity index (χ0v) is 10.2. The Morgan fingerprint density at radius 1 is 1.26 bits per heavy atom. The topological polar surface area (TPSA) is 110 Å². The van der Waals surface area contributed by atoms with E-state index in [0.29, 0.717) is 0 Å². The molecule has 1 aliphatic rings. The van der Waals surface area contributed by atoms with Crippen LogP contribution in [0.15, 0.2) is 24.3 Å². The monoisotopic (exact) mass is 266 g/mol. The van der Waals surface area contributed by atoms with Crippen LogP contribution in [0.1, 0.15) is 29.6 Å². The molecule has 1 aliphatic heterocycles. The standard InChI is InChI=1S/C7H5NO4.C5H9NO/c9-7(10)5-1-3-6(4-2-5)8(11)12;7-5-3-1-2-4-6-5/h1-4H,(H,9,10);1-4H2,(H,6,7). The van der Waals surface area contributed by atoms with Gasteiger partial charge in [-0.05, 0) is 25.0 Å². The number of hydrogen-bond donors (Lipinski definition) is 2. The Bertz CT molecular complexity index is 429. The number of nitrogens with zero attached hydrogens (tertiary/aromatic N) is 1. The molecule has 0 aromatic heterocycles. The number of carbonyl (C=O) groups excluding carboxylic acids is 1. The second-order valence-corrected chi connectivity index (χ2v) is 3.92. The van der Waals surface area contributed by atoms with Crippen molar-refractivity contribution in [2.45, 2.75) is 19.3 Å². The van der Waals surface area contributed by atoms with Crippen molar-refractivity contribution in [3.05, 3.63) is 39.9 Å². The van der Waals surface area contributed by atoms with E-state index in [-0.39, 0.29) is 17.2 Å².